The first-order valence-corrected chi connectivity index (χ1v) is 8.07. The van der Waals surface area contributed by atoms with E-state index in [2.05, 4.69) is 51.6 Å². The fourth-order valence-electron chi connectivity index (χ4n) is 2.89. The second-order valence-corrected chi connectivity index (χ2v) is 5.99. The highest BCUT2D eigenvalue weighted by molar-refractivity contribution is 6.03. The van der Waals surface area contributed by atoms with E-state index >= 15 is 0 Å². The molecule has 0 fully saturated rings. The van der Waals surface area contributed by atoms with Crippen molar-refractivity contribution in [2.75, 3.05) is 0 Å². The number of aromatic nitrogens is 3. The maximum atomic E-state index is 4.75. The lowest BCUT2D eigenvalue weighted by molar-refractivity contribution is 1.03. The molecule has 1 aromatic carbocycles. The summed E-state index contributed by atoms with van der Waals surface area (Å²) in [6.45, 7) is 1.99. The van der Waals surface area contributed by atoms with E-state index in [-0.39, 0.29) is 0 Å². The molecule has 4 heteroatoms. The molecule has 0 saturated heterocycles. The van der Waals surface area contributed by atoms with Gasteiger partial charge in [0, 0.05) is 30.4 Å². The monoisotopic (exact) mass is 314 g/mol. The molecular weight excluding hydrogens is 296 g/mol. The van der Waals surface area contributed by atoms with Crippen LogP contribution in [0.15, 0.2) is 65.8 Å². The first kappa shape index (κ1) is 14.6. The molecule has 1 N–H and O–H groups in total. The Balaban J connectivity index is 1.58. The SMILES string of the molecule is Cc1cc(-c2cccc(Cc3cccc(C4=NC=CC4)c3)n2)n[nH]1. The van der Waals surface area contributed by atoms with Crippen LogP contribution in [0.2, 0.25) is 0 Å². The molecule has 0 amide bonds. The first-order valence-electron chi connectivity index (χ1n) is 8.07. The fraction of sp³-hybridized carbons (Fsp3) is 0.150. The molecule has 4 nitrogen and oxygen atoms in total. The third kappa shape index (κ3) is 3.04. The maximum Gasteiger partial charge on any atom is 0.111 e. The molecule has 24 heavy (non-hydrogen) atoms. The smallest absolute Gasteiger partial charge is 0.111 e. The molecule has 3 aromatic rings. The van der Waals surface area contributed by atoms with Crippen molar-refractivity contribution < 1.29 is 0 Å². The molecule has 2 aromatic heterocycles. The summed E-state index contributed by atoms with van der Waals surface area (Å²) in [5, 5.41) is 7.26. The molecular formula is C20H18N4. The topological polar surface area (TPSA) is 53.9 Å². The lowest BCUT2D eigenvalue weighted by atomic mass is 10.0. The van der Waals surface area contributed by atoms with Crippen LogP contribution >= 0.6 is 0 Å². The number of allylic oxidation sites excluding steroid dienone is 1. The van der Waals surface area contributed by atoms with Gasteiger partial charge >= 0.3 is 0 Å². The molecule has 0 unspecified atom stereocenters. The van der Waals surface area contributed by atoms with Gasteiger partial charge < -0.3 is 0 Å². The van der Waals surface area contributed by atoms with Crippen LogP contribution in [-0.4, -0.2) is 20.9 Å². The maximum absolute atomic E-state index is 4.75. The Hall–Kier alpha value is -3.01. The normalized spacial score (nSPS) is 13.3. The lowest BCUT2D eigenvalue weighted by Crippen LogP contribution is -1.99. The number of benzene rings is 1. The highest BCUT2D eigenvalue weighted by Gasteiger charge is 2.08. The van der Waals surface area contributed by atoms with Crippen LogP contribution in [-0.2, 0) is 6.42 Å². The van der Waals surface area contributed by atoms with Crippen LogP contribution in [0.1, 0.15) is 28.9 Å². The summed E-state index contributed by atoms with van der Waals surface area (Å²) in [5.41, 5.74) is 7.42. The lowest BCUT2D eigenvalue weighted by Gasteiger charge is -2.06. The zero-order valence-electron chi connectivity index (χ0n) is 13.5. The second-order valence-electron chi connectivity index (χ2n) is 5.99. The van der Waals surface area contributed by atoms with Crippen molar-refractivity contribution in [3.8, 4) is 11.4 Å². The number of hydrogen-bond acceptors (Lipinski definition) is 3. The van der Waals surface area contributed by atoms with Crippen LogP contribution in [0.3, 0.4) is 0 Å². The molecule has 4 rings (SSSR count). The van der Waals surface area contributed by atoms with Crippen molar-refractivity contribution in [2.45, 2.75) is 19.8 Å². The van der Waals surface area contributed by atoms with E-state index in [0.29, 0.717) is 0 Å². The largest absolute Gasteiger partial charge is 0.282 e. The summed E-state index contributed by atoms with van der Waals surface area (Å²) >= 11 is 0. The predicted octanol–water partition coefficient (Wildman–Crippen LogP) is 4.08. The van der Waals surface area contributed by atoms with Gasteiger partial charge in [-0.2, -0.15) is 5.10 Å². The summed E-state index contributed by atoms with van der Waals surface area (Å²) in [4.78, 5) is 9.17. The fourth-order valence-corrected chi connectivity index (χ4v) is 2.89. The number of pyridine rings is 1. The highest BCUT2D eigenvalue weighted by Crippen LogP contribution is 2.18. The van der Waals surface area contributed by atoms with E-state index in [9.17, 15) is 0 Å². The molecule has 0 radical (unpaired) electrons. The van der Waals surface area contributed by atoms with Crippen LogP contribution in [0.5, 0.6) is 0 Å². The number of aromatic amines is 1. The Morgan fingerprint density at radius 2 is 1.96 bits per heavy atom. The Bertz CT molecular complexity index is 934. The third-order valence-corrected chi connectivity index (χ3v) is 4.07. The summed E-state index contributed by atoms with van der Waals surface area (Å²) in [7, 11) is 0. The van der Waals surface area contributed by atoms with Crippen LogP contribution in [0.4, 0.5) is 0 Å². The van der Waals surface area contributed by atoms with Gasteiger partial charge in [-0.15, -0.1) is 0 Å². The van der Waals surface area contributed by atoms with Gasteiger partial charge in [0.25, 0.3) is 0 Å². The quantitative estimate of drug-likeness (QED) is 0.789. The number of nitrogens with one attached hydrogen (secondary N) is 1. The Morgan fingerprint density at radius 3 is 2.75 bits per heavy atom. The van der Waals surface area contributed by atoms with E-state index in [0.717, 1.165) is 41.3 Å². The molecule has 1 aliphatic rings. The molecule has 3 heterocycles. The first-order chi connectivity index (χ1) is 11.8. The minimum Gasteiger partial charge on any atom is -0.282 e. The number of rotatable bonds is 4. The number of hydrogen-bond donors (Lipinski definition) is 1. The van der Waals surface area contributed by atoms with Crippen LogP contribution in [0, 0.1) is 6.92 Å². The summed E-state index contributed by atoms with van der Waals surface area (Å²) < 4.78 is 0. The molecule has 1 aliphatic heterocycles. The van der Waals surface area contributed by atoms with Crippen molar-refractivity contribution in [3.05, 3.63) is 83.3 Å². The summed E-state index contributed by atoms with van der Waals surface area (Å²) in [6, 6.07) is 16.7. The minimum atomic E-state index is 0.797. The van der Waals surface area contributed by atoms with E-state index in [1.54, 1.807) is 0 Å². The average Bonchev–Trinajstić information content (AvgIpc) is 3.27. The standard InChI is InChI=1S/C20H18N4/c1-14-11-20(24-23-14)19-8-3-7-17(22-19)13-15-5-2-6-16(12-15)18-9-4-10-21-18/h2-8,10-12H,9,13H2,1H3,(H,23,24). The van der Waals surface area contributed by atoms with Gasteiger partial charge in [-0.05, 0) is 42.3 Å². The number of nitrogens with zero attached hydrogens (tertiary/aromatic N) is 3. The van der Waals surface area contributed by atoms with Gasteiger partial charge in [0.05, 0.1) is 11.4 Å². The average molecular weight is 314 g/mol. The molecule has 0 bridgehead atoms. The number of H-pyrrole nitrogens is 1. The summed E-state index contributed by atoms with van der Waals surface area (Å²) in [6.07, 6.45) is 5.67. The van der Waals surface area contributed by atoms with Crippen molar-refractivity contribution in [2.24, 2.45) is 4.99 Å². The van der Waals surface area contributed by atoms with Crippen LogP contribution < -0.4 is 0 Å². The van der Waals surface area contributed by atoms with Gasteiger partial charge in [-0.1, -0.05) is 30.3 Å². The van der Waals surface area contributed by atoms with E-state index in [1.807, 2.05) is 31.3 Å². The van der Waals surface area contributed by atoms with Crippen molar-refractivity contribution in [1.82, 2.24) is 15.2 Å². The van der Waals surface area contributed by atoms with Crippen molar-refractivity contribution in [1.29, 1.82) is 0 Å². The van der Waals surface area contributed by atoms with Crippen molar-refractivity contribution >= 4 is 5.71 Å². The second kappa shape index (κ2) is 6.24. The summed E-state index contributed by atoms with van der Waals surface area (Å²) in [5.74, 6) is 0. The van der Waals surface area contributed by atoms with Crippen molar-refractivity contribution in [3.63, 3.8) is 0 Å². The zero-order chi connectivity index (χ0) is 16.4. The molecule has 0 spiro atoms. The van der Waals surface area contributed by atoms with Gasteiger partial charge in [0.2, 0.25) is 0 Å². The predicted molar refractivity (Wildman–Crippen MR) is 96.1 cm³/mol. The molecule has 0 atom stereocenters. The third-order valence-electron chi connectivity index (χ3n) is 4.07. The molecule has 0 aliphatic carbocycles. The van der Waals surface area contributed by atoms with E-state index in [4.69, 9.17) is 4.98 Å². The van der Waals surface area contributed by atoms with Gasteiger partial charge in [-0.3, -0.25) is 15.1 Å². The number of aliphatic imine (C=N–C) groups is 1. The molecule has 118 valence electrons. The van der Waals surface area contributed by atoms with E-state index in [1.165, 1.54) is 11.1 Å². The minimum absolute atomic E-state index is 0.797. The number of aryl methyl sites for hydroxylation is 1. The Labute approximate surface area is 141 Å². The van der Waals surface area contributed by atoms with E-state index < -0.39 is 0 Å². The highest BCUT2D eigenvalue weighted by atomic mass is 15.1. The van der Waals surface area contributed by atoms with Gasteiger partial charge in [0.1, 0.15) is 5.69 Å². The zero-order valence-corrected chi connectivity index (χ0v) is 13.5. The van der Waals surface area contributed by atoms with Gasteiger partial charge in [0.15, 0.2) is 0 Å². The Kier molecular flexibility index (Phi) is 3.79. The van der Waals surface area contributed by atoms with Gasteiger partial charge in [-0.25, -0.2) is 0 Å². The molecule has 0 saturated carbocycles. The van der Waals surface area contributed by atoms with Crippen LogP contribution in [0.25, 0.3) is 11.4 Å². The Morgan fingerprint density at radius 1 is 1.04 bits per heavy atom.